The van der Waals surface area contributed by atoms with E-state index in [0.29, 0.717) is 13.0 Å². The number of benzene rings is 1. The van der Waals surface area contributed by atoms with Gasteiger partial charge >= 0.3 is 5.97 Å². The van der Waals surface area contributed by atoms with Crippen LogP contribution in [0.1, 0.15) is 56.9 Å². The molecule has 1 aliphatic carbocycles. The molecule has 1 N–H and O–H groups in total. The van der Waals surface area contributed by atoms with Crippen LogP contribution in [-0.4, -0.2) is 35.0 Å². The van der Waals surface area contributed by atoms with Gasteiger partial charge in [0.25, 0.3) is 0 Å². The van der Waals surface area contributed by atoms with Crippen LogP contribution in [0.5, 0.6) is 0 Å². The predicted molar refractivity (Wildman–Crippen MR) is 92.7 cm³/mol. The quantitative estimate of drug-likeness (QED) is 0.883. The van der Waals surface area contributed by atoms with Crippen molar-refractivity contribution in [1.82, 2.24) is 4.90 Å². The van der Waals surface area contributed by atoms with Gasteiger partial charge in [-0.2, -0.15) is 0 Å². The molecule has 2 aliphatic rings. The van der Waals surface area contributed by atoms with Crippen molar-refractivity contribution in [3.8, 4) is 0 Å². The van der Waals surface area contributed by atoms with Gasteiger partial charge in [-0.15, -0.1) is 0 Å². The van der Waals surface area contributed by atoms with E-state index >= 15 is 0 Å². The minimum absolute atomic E-state index is 0.107. The minimum Gasteiger partial charge on any atom is -0.481 e. The molecule has 1 amide bonds. The van der Waals surface area contributed by atoms with E-state index in [0.717, 1.165) is 50.6 Å². The number of likely N-dealkylation sites (tertiary alicyclic amines) is 1. The van der Waals surface area contributed by atoms with E-state index in [-0.39, 0.29) is 24.1 Å². The maximum Gasteiger partial charge on any atom is 0.303 e. The summed E-state index contributed by atoms with van der Waals surface area (Å²) in [5, 5.41) is 8.89. The van der Waals surface area contributed by atoms with Gasteiger partial charge in [-0.3, -0.25) is 9.59 Å². The molecule has 1 unspecified atom stereocenters. The molecule has 5 heteroatoms. The first kappa shape index (κ1) is 17.9. The summed E-state index contributed by atoms with van der Waals surface area (Å²) in [5.41, 5.74) is 0.194. The van der Waals surface area contributed by atoms with E-state index in [1.807, 2.05) is 11.0 Å². The molecule has 0 bridgehead atoms. The summed E-state index contributed by atoms with van der Waals surface area (Å²) >= 11 is 0. The third-order valence-corrected chi connectivity index (χ3v) is 5.82. The summed E-state index contributed by atoms with van der Waals surface area (Å²) in [6.45, 7) is 1.35. The van der Waals surface area contributed by atoms with E-state index in [2.05, 4.69) is 0 Å². The van der Waals surface area contributed by atoms with Crippen LogP contribution in [0, 0.1) is 11.7 Å². The number of hydrogen-bond acceptors (Lipinski definition) is 2. The summed E-state index contributed by atoms with van der Waals surface area (Å²) in [5.74, 6) is -0.722. The fourth-order valence-corrected chi connectivity index (χ4v) is 4.51. The maximum atomic E-state index is 13.8. The second-order valence-corrected chi connectivity index (χ2v) is 7.49. The van der Waals surface area contributed by atoms with Crippen LogP contribution in [0.3, 0.4) is 0 Å². The topological polar surface area (TPSA) is 57.6 Å². The summed E-state index contributed by atoms with van der Waals surface area (Å²) < 4.78 is 13.8. The lowest BCUT2D eigenvalue weighted by atomic mass is 9.76. The molecule has 0 radical (unpaired) electrons. The van der Waals surface area contributed by atoms with Gasteiger partial charge in [-0.1, -0.05) is 25.0 Å². The van der Waals surface area contributed by atoms with Gasteiger partial charge in [0.1, 0.15) is 5.82 Å². The molecule has 1 aromatic rings. The number of aliphatic carboxylic acids is 1. The molecule has 1 aliphatic heterocycles. The highest BCUT2D eigenvalue weighted by Gasteiger charge is 2.45. The van der Waals surface area contributed by atoms with Gasteiger partial charge in [0, 0.05) is 19.5 Å². The summed E-state index contributed by atoms with van der Waals surface area (Å²) in [6.07, 6.45) is 6.17. The van der Waals surface area contributed by atoms with Gasteiger partial charge in [0.15, 0.2) is 0 Å². The van der Waals surface area contributed by atoms with E-state index in [9.17, 15) is 14.0 Å². The molecule has 1 aromatic carbocycles. The Balaban J connectivity index is 1.78. The normalized spacial score (nSPS) is 22.8. The minimum atomic E-state index is -0.782. The first-order valence-electron chi connectivity index (χ1n) is 9.28. The molecule has 1 saturated carbocycles. The molecule has 1 atom stereocenters. The number of carboxylic acids is 1. The van der Waals surface area contributed by atoms with Crippen molar-refractivity contribution in [2.24, 2.45) is 5.92 Å². The first-order valence-corrected chi connectivity index (χ1v) is 9.28. The van der Waals surface area contributed by atoms with Gasteiger partial charge in [0.05, 0.1) is 5.41 Å². The van der Waals surface area contributed by atoms with Crippen molar-refractivity contribution < 1.29 is 19.1 Å². The maximum absolute atomic E-state index is 13.8. The van der Waals surface area contributed by atoms with E-state index in [1.165, 1.54) is 12.1 Å². The second-order valence-electron chi connectivity index (χ2n) is 7.49. The van der Waals surface area contributed by atoms with Crippen LogP contribution in [-0.2, 0) is 15.0 Å². The van der Waals surface area contributed by atoms with Gasteiger partial charge < -0.3 is 10.0 Å². The van der Waals surface area contributed by atoms with E-state index < -0.39 is 11.4 Å². The molecule has 1 heterocycles. The molecule has 0 aromatic heterocycles. The third kappa shape index (κ3) is 3.86. The zero-order valence-electron chi connectivity index (χ0n) is 14.5. The Kier molecular flexibility index (Phi) is 5.40. The van der Waals surface area contributed by atoms with Crippen molar-refractivity contribution in [2.75, 3.05) is 13.1 Å². The number of hydrogen-bond donors (Lipinski definition) is 1. The molecule has 136 valence electrons. The second kappa shape index (κ2) is 7.54. The van der Waals surface area contributed by atoms with Gasteiger partial charge in [-0.05, 0) is 55.7 Å². The van der Waals surface area contributed by atoms with Crippen molar-refractivity contribution in [2.45, 2.75) is 56.8 Å². The number of carbonyl (C=O) groups excluding carboxylic acids is 1. The number of amides is 1. The highest BCUT2D eigenvalue weighted by molar-refractivity contribution is 5.88. The SMILES string of the molecule is O=C(O)CCC1CCCN(C(=O)C2(c3cccc(F)c3)CCCC2)C1. The number of nitrogens with zero attached hydrogens (tertiary/aromatic N) is 1. The van der Waals surface area contributed by atoms with Crippen molar-refractivity contribution in [1.29, 1.82) is 0 Å². The Hall–Kier alpha value is -1.91. The molecule has 4 nitrogen and oxygen atoms in total. The number of piperidine rings is 1. The number of halogens is 1. The fourth-order valence-electron chi connectivity index (χ4n) is 4.51. The van der Waals surface area contributed by atoms with Crippen molar-refractivity contribution in [3.63, 3.8) is 0 Å². The Morgan fingerprint density at radius 1 is 1.24 bits per heavy atom. The lowest BCUT2D eigenvalue weighted by molar-refractivity contribution is -0.139. The largest absolute Gasteiger partial charge is 0.481 e. The lowest BCUT2D eigenvalue weighted by Crippen LogP contribution is -2.49. The Morgan fingerprint density at radius 3 is 2.68 bits per heavy atom. The van der Waals surface area contributed by atoms with Crippen LogP contribution in [0.4, 0.5) is 4.39 Å². The summed E-state index contributed by atoms with van der Waals surface area (Å²) in [7, 11) is 0. The monoisotopic (exact) mass is 347 g/mol. The predicted octanol–water partition coefficient (Wildman–Crippen LogP) is 3.74. The number of rotatable bonds is 5. The standard InChI is InChI=1S/C20H26FNO3/c21-17-7-3-6-16(13-17)20(10-1-2-11-20)19(25)22-12-4-5-15(14-22)8-9-18(23)24/h3,6-7,13,15H,1-2,4-5,8-12,14H2,(H,23,24). The molecular weight excluding hydrogens is 321 g/mol. The Labute approximate surface area is 148 Å². The average Bonchev–Trinajstić information content (AvgIpc) is 3.10. The van der Waals surface area contributed by atoms with E-state index in [4.69, 9.17) is 5.11 Å². The van der Waals surface area contributed by atoms with Gasteiger partial charge in [-0.25, -0.2) is 4.39 Å². The molecule has 25 heavy (non-hydrogen) atoms. The lowest BCUT2D eigenvalue weighted by Gasteiger charge is -2.39. The fraction of sp³-hybridized carbons (Fsp3) is 0.600. The molecule has 0 spiro atoms. The zero-order chi connectivity index (χ0) is 17.9. The Morgan fingerprint density at radius 2 is 2.00 bits per heavy atom. The van der Waals surface area contributed by atoms with Crippen molar-refractivity contribution >= 4 is 11.9 Å². The van der Waals surface area contributed by atoms with E-state index in [1.54, 1.807) is 6.07 Å². The van der Waals surface area contributed by atoms with Crippen LogP contribution in [0.2, 0.25) is 0 Å². The number of carbonyl (C=O) groups is 2. The first-order chi connectivity index (χ1) is 12.0. The molecule has 1 saturated heterocycles. The highest BCUT2D eigenvalue weighted by Crippen LogP contribution is 2.43. The zero-order valence-corrected chi connectivity index (χ0v) is 14.5. The third-order valence-electron chi connectivity index (χ3n) is 5.82. The highest BCUT2D eigenvalue weighted by atomic mass is 19.1. The van der Waals surface area contributed by atoms with Gasteiger partial charge in [0.2, 0.25) is 5.91 Å². The smallest absolute Gasteiger partial charge is 0.303 e. The Bertz CT molecular complexity index is 640. The van der Waals surface area contributed by atoms with Crippen LogP contribution < -0.4 is 0 Å². The molecular formula is C20H26FNO3. The van der Waals surface area contributed by atoms with Crippen LogP contribution in [0.15, 0.2) is 24.3 Å². The van der Waals surface area contributed by atoms with Crippen LogP contribution >= 0.6 is 0 Å². The summed E-state index contributed by atoms with van der Waals surface area (Å²) in [4.78, 5) is 26.1. The number of carboxylic acid groups (broad SMARTS) is 1. The summed E-state index contributed by atoms with van der Waals surface area (Å²) in [6, 6.07) is 6.48. The molecule has 2 fully saturated rings. The van der Waals surface area contributed by atoms with Crippen LogP contribution in [0.25, 0.3) is 0 Å². The van der Waals surface area contributed by atoms with Crippen molar-refractivity contribution in [3.05, 3.63) is 35.6 Å². The molecule has 3 rings (SSSR count). The average molecular weight is 347 g/mol.